The molecule has 0 aliphatic carbocycles. The molecule has 1 N–H and O–H groups in total. The van der Waals surface area contributed by atoms with E-state index in [9.17, 15) is 4.79 Å². The number of aromatic amines is 1. The van der Waals surface area contributed by atoms with Crippen LogP contribution in [-0.2, 0) is 4.74 Å². The van der Waals surface area contributed by atoms with Crippen LogP contribution in [0.4, 0.5) is 0 Å². The van der Waals surface area contributed by atoms with Crippen LogP contribution in [0, 0.1) is 0 Å². The topological polar surface area (TPSA) is 48.6 Å². The minimum Gasteiger partial charge on any atom is -0.375 e. The van der Waals surface area contributed by atoms with Crippen LogP contribution in [0.5, 0.6) is 0 Å². The number of carbonyl (C=O) groups excluding carboxylic acids is 1. The lowest BCUT2D eigenvalue weighted by molar-refractivity contribution is 0.0379. The van der Waals surface area contributed by atoms with Crippen LogP contribution in [0.25, 0.3) is 10.9 Å². The first kappa shape index (κ1) is 16.6. The summed E-state index contributed by atoms with van der Waals surface area (Å²) in [5, 5.41) is 1.08. The van der Waals surface area contributed by atoms with Gasteiger partial charge >= 0.3 is 0 Å². The van der Waals surface area contributed by atoms with Gasteiger partial charge in [0.1, 0.15) is 0 Å². The molecule has 134 valence electrons. The second kappa shape index (κ2) is 7.58. The van der Waals surface area contributed by atoms with Crippen molar-refractivity contribution >= 4 is 16.8 Å². The van der Waals surface area contributed by atoms with Gasteiger partial charge in [-0.2, -0.15) is 0 Å². The highest BCUT2D eigenvalue weighted by Gasteiger charge is 2.28. The molecule has 5 heteroatoms. The minimum atomic E-state index is 0.107. The molecular weight excluding hydrogens is 314 g/mol. The molecule has 0 bridgehead atoms. The highest BCUT2D eigenvalue weighted by molar-refractivity contribution is 6.05. The van der Waals surface area contributed by atoms with Gasteiger partial charge in [0.15, 0.2) is 0 Å². The number of piperidine rings is 1. The maximum atomic E-state index is 12.9. The number of para-hydroxylation sites is 1. The summed E-state index contributed by atoms with van der Waals surface area (Å²) in [6, 6.07) is 7.89. The fourth-order valence-electron chi connectivity index (χ4n) is 4.01. The zero-order valence-corrected chi connectivity index (χ0v) is 14.7. The van der Waals surface area contributed by atoms with E-state index in [1.807, 2.05) is 35.4 Å². The Hall–Kier alpha value is -1.85. The zero-order valence-electron chi connectivity index (χ0n) is 14.7. The molecule has 2 fully saturated rings. The van der Waals surface area contributed by atoms with Crippen molar-refractivity contribution in [1.29, 1.82) is 0 Å². The van der Waals surface area contributed by atoms with Gasteiger partial charge in [-0.25, -0.2) is 0 Å². The predicted molar refractivity (Wildman–Crippen MR) is 98.9 cm³/mol. The van der Waals surface area contributed by atoms with Crippen LogP contribution in [0.15, 0.2) is 30.5 Å². The predicted octanol–water partition coefficient (Wildman–Crippen LogP) is 2.88. The van der Waals surface area contributed by atoms with Crippen molar-refractivity contribution in [1.82, 2.24) is 14.8 Å². The molecule has 1 aromatic carbocycles. The number of H-pyrrole nitrogens is 1. The number of rotatable bonds is 5. The molecule has 3 heterocycles. The molecule has 4 rings (SSSR count). The highest BCUT2D eigenvalue weighted by atomic mass is 16.5. The fraction of sp³-hybridized carbons (Fsp3) is 0.550. The van der Waals surface area contributed by atoms with Crippen molar-refractivity contribution in [3.63, 3.8) is 0 Å². The molecular formula is C20H27N3O2. The Kier molecular flexibility index (Phi) is 5.04. The number of likely N-dealkylation sites (tertiary alicyclic amines) is 2. The Morgan fingerprint density at radius 2 is 2.04 bits per heavy atom. The number of fused-ring (bicyclic) bond motifs is 1. The molecule has 2 aliphatic heterocycles. The Bertz CT molecular complexity index is 721. The molecule has 1 atom stereocenters. The molecule has 2 saturated heterocycles. The largest absolute Gasteiger partial charge is 0.375 e. The summed E-state index contributed by atoms with van der Waals surface area (Å²) in [7, 11) is 0. The molecule has 2 aliphatic rings. The first-order valence-electron chi connectivity index (χ1n) is 9.50. The molecule has 25 heavy (non-hydrogen) atoms. The number of carbonyl (C=O) groups is 1. The number of amides is 1. The molecule has 0 radical (unpaired) electrons. The first-order chi connectivity index (χ1) is 12.3. The zero-order chi connectivity index (χ0) is 17.1. The number of hydrogen-bond acceptors (Lipinski definition) is 3. The molecule has 5 nitrogen and oxygen atoms in total. The van der Waals surface area contributed by atoms with Gasteiger partial charge in [-0.05, 0) is 44.5 Å². The molecule has 2 aromatic rings. The molecule has 0 saturated carbocycles. The average molecular weight is 341 g/mol. The standard InChI is InChI=1S/C20H27N3O2/c24-20(18-6-4-5-16-7-9-21-19(16)18)23-12-8-17(15-23)25-14-13-22-10-2-1-3-11-22/h4-7,9,17,21H,1-3,8,10-15H2. The van der Waals surface area contributed by atoms with Crippen molar-refractivity contribution in [2.75, 3.05) is 39.3 Å². The van der Waals surface area contributed by atoms with Crippen molar-refractivity contribution in [2.24, 2.45) is 0 Å². The normalized spacial score (nSPS) is 21.9. The monoisotopic (exact) mass is 341 g/mol. The van der Waals surface area contributed by atoms with E-state index in [2.05, 4.69) is 9.88 Å². The van der Waals surface area contributed by atoms with Gasteiger partial charge in [-0.3, -0.25) is 4.79 Å². The van der Waals surface area contributed by atoms with Crippen LogP contribution >= 0.6 is 0 Å². The third-order valence-corrected chi connectivity index (χ3v) is 5.46. The number of benzene rings is 1. The summed E-state index contributed by atoms with van der Waals surface area (Å²) in [5.41, 5.74) is 1.69. The van der Waals surface area contributed by atoms with Crippen LogP contribution in [0.2, 0.25) is 0 Å². The Morgan fingerprint density at radius 1 is 1.16 bits per heavy atom. The van der Waals surface area contributed by atoms with Gasteiger partial charge in [0.25, 0.3) is 5.91 Å². The van der Waals surface area contributed by atoms with Crippen LogP contribution in [-0.4, -0.2) is 66.1 Å². The lowest BCUT2D eigenvalue weighted by atomic mass is 10.1. The van der Waals surface area contributed by atoms with Crippen molar-refractivity contribution in [3.05, 3.63) is 36.0 Å². The quantitative estimate of drug-likeness (QED) is 0.910. The number of nitrogens with zero attached hydrogens (tertiary/aromatic N) is 2. The summed E-state index contributed by atoms with van der Waals surface area (Å²) in [4.78, 5) is 20.5. The molecule has 0 spiro atoms. The second-order valence-electron chi connectivity index (χ2n) is 7.18. The van der Waals surface area contributed by atoms with E-state index in [1.165, 1.54) is 32.4 Å². The van der Waals surface area contributed by atoms with Gasteiger partial charge in [-0.15, -0.1) is 0 Å². The van der Waals surface area contributed by atoms with E-state index in [0.717, 1.165) is 42.6 Å². The lowest BCUT2D eigenvalue weighted by Gasteiger charge is -2.26. The van der Waals surface area contributed by atoms with Crippen LogP contribution < -0.4 is 0 Å². The first-order valence-corrected chi connectivity index (χ1v) is 9.50. The smallest absolute Gasteiger partial charge is 0.256 e. The van der Waals surface area contributed by atoms with E-state index in [0.29, 0.717) is 6.54 Å². The van der Waals surface area contributed by atoms with Crippen LogP contribution in [0.1, 0.15) is 36.0 Å². The Balaban J connectivity index is 1.30. The molecule has 1 unspecified atom stereocenters. The summed E-state index contributed by atoms with van der Waals surface area (Å²) in [6.07, 6.45) is 7.00. The number of hydrogen-bond donors (Lipinski definition) is 1. The van der Waals surface area contributed by atoms with Crippen molar-refractivity contribution in [3.8, 4) is 0 Å². The maximum absolute atomic E-state index is 12.9. The van der Waals surface area contributed by atoms with Crippen molar-refractivity contribution in [2.45, 2.75) is 31.8 Å². The SMILES string of the molecule is O=C(c1cccc2cc[nH]c12)N1CCC(OCCN2CCCCC2)C1. The van der Waals surface area contributed by atoms with E-state index >= 15 is 0 Å². The van der Waals surface area contributed by atoms with E-state index in [-0.39, 0.29) is 12.0 Å². The fourth-order valence-corrected chi connectivity index (χ4v) is 4.01. The van der Waals surface area contributed by atoms with Crippen LogP contribution in [0.3, 0.4) is 0 Å². The number of aromatic nitrogens is 1. The Morgan fingerprint density at radius 3 is 2.92 bits per heavy atom. The summed E-state index contributed by atoms with van der Waals surface area (Å²) in [6.45, 7) is 5.70. The Labute approximate surface area is 148 Å². The van der Waals surface area contributed by atoms with Crippen molar-refractivity contribution < 1.29 is 9.53 Å². The molecule has 1 aromatic heterocycles. The van der Waals surface area contributed by atoms with Gasteiger partial charge < -0.3 is 19.5 Å². The maximum Gasteiger partial charge on any atom is 0.256 e. The van der Waals surface area contributed by atoms with Gasteiger partial charge in [0.2, 0.25) is 0 Å². The van der Waals surface area contributed by atoms with Gasteiger partial charge in [-0.1, -0.05) is 18.6 Å². The summed E-state index contributed by atoms with van der Waals surface area (Å²) >= 11 is 0. The van der Waals surface area contributed by atoms with E-state index < -0.39 is 0 Å². The second-order valence-corrected chi connectivity index (χ2v) is 7.18. The summed E-state index contributed by atoms with van der Waals surface area (Å²) in [5.74, 6) is 0.107. The molecule has 1 amide bonds. The third-order valence-electron chi connectivity index (χ3n) is 5.46. The number of nitrogens with one attached hydrogen (secondary N) is 1. The minimum absolute atomic E-state index is 0.107. The number of ether oxygens (including phenoxy) is 1. The third kappa shape index (κ3) is 3.72. The van der Waals surface area contributed by atoms with E-state index in [4.69, 9.17) is 4.74 Å². The average Bonchev–Trinajstić information content (AvgIpc) is 3.31. The lowest BCUT2D eigenvalue weighted by Crippen LogP contribution is -2.34. The van der Waals surface area contributed by atoms with E-state index in [1.54, 1.807) is 0 Å². The summed E-state index contributed by atoms with van der Waals surface area (Å²) < 4.78 is 6.05. The highest BCUT2D eigenvalue weighted by Crippen LogP contribution is 2.22. The van der Waals surface area contributed by atoms with Gasteiger partial charge in [0.05, 0.1) is 23.8 Å². The van der Waals surface area contributed by atoms with Gasteiger partial charge in [0, 0.05) is 31.2 Å².